The highest BCUT2D eigenvalue weighted by molar-refractivity contribution is 8.13. The molecule has 8 heteroatoms. The van der Waals surface area contributed by atoms with Crippen molar-refractivity contribution in [3.05, 3.63) is 27.7 Å². The lowest BCUT2D eigenvalue weighted by Crippen LogP contribution is -2.12. The summed E-state index contributed by atoms with van der Waals surface area (Å²) in [6, 6.07) is 2.94. The third-order valence-corrected chi connectivity index (χ3v) is 3.31. The second-order valence-corrected chi connectivity index (χ2v) is 4.69. The molecule has 19 heavy (non-hydrogen) atoms. The van der Waals surface area contributed by atoms with E-state index in [1.54, 1.807) is 12.4 Å². The van der Waals surface area contributed by atoms with Crippen molar-refractivity contribution in [3.8, 4) is 6.19 Å². The number of carbonyl (C=O) groups is 1. The molecule has 0 spiro atoms. The number of nitriles is 1. The third kappa shape index (κ3) is 3.77. The normalized spacial score (nSPS) is 10.8. The second kappa shape index (κ2) is 7.24. The van der Waals surface area contributed by atoms with Crippen molar-refractivity contribution in [2.75, 3.05) is 13.4 Å². The molecule has 1 aromatic carbocycles. The molecule has 0 aromatic heterocycles. The van der Waals surface area contributed by atoms with E-state index in [9.17, 15) is 4.79 Å². The Morgan fingerprint density at radius 2 is 2.21 bits per heavy atom. The molecule has 0 heterocycles. The lowest BCUT2D eigenvalue weighted by Gasteiger charge is -2.08. The minimum Gasteiger partial charge on any atom is -0.465 e. The van der Waals surface area contributed by atoms with E-state index in [2.05, 4.69) is 15.0 Å². The van der Waals surface area contributed by atoms with Crippen LogP contribution in [0.2, 0.25) is 10.0 Å². The van der Waals surface area contributed by atoms with Gasteiger partial charge in [-0.2, -0.15) is 5.26 Å². The van der Waals surface area contributed by atoms with E-state index >= 15 is 0 Å². The first kappa shape index (κ1) is 15.6. The van der Waals surface area contributed by atoms with E-state index < -0.39 is 5.97 Å². The molecule has 5 nitrogen and oxygen atoms in total. The summed E-state index contributed by atoms with van der Waals surface area (Å²) in [6.45, 7) is 0. The van der Waals surface area contributed by atoms with Gasteiger partial charge in [0.15, 0.2) is 11.4 Å². The maximum atomic E-state index is 11.5. The van der Waals surface area contributed by atoms with Crippen LogP contribution in [0, 0.1) is 11.5 Å². The number of nitrogens with one attached hydrogen (secondary N) is 1. The molecule has 100 valence electrons. The van der Waals surface area contributed by atoms with Crippen LogP contribution in [0.4, 0.5) is 5.69 Å². The van der Waals surface area contributed by atoms with E-state index in [0.29, 0.717) is 5.17 Å². The zero-order valence-electron chi connectivity index (χ0n) is 10.0. The highest BCUT2D eigenvalue weighted by atomic mass is 35.5. The Balaban J connectivity index is 3.35. The summed E-state index contributed by atoms with van der Waals surface area (Å²) in [6.07, 6.45) is 3.48. The van der Waals surface area contributed by atoms with Gasteiger partial charge in [-0.1, -0.05) is 35.0 Å². The van der Waals surface area contributed by atoms with Crippen LogP contribution in [-0.4, -0.2) is 24.5 Å². The summed E-state index contributed by atoms with van der Waals surface area (Å²) >= 11 is 13.3. The summed E-state index contributed by atoms with van der Waals surface area (Å²) in [5, 5.41) is 11.6. The molecule has 0 unspecified atom stereocenters. The molecule has 0 radical (unpaired) electrons. The molecule has 0 atom stereocenters. The average Bonchev–Trinajstić information content (AvgIpc) is 2.41. The highest BCUT2D eigenvalue weighted by Crippen LogP contribution is 2.36. The van der Waals surface area contributed by atoms with Crippen LogP contribution in [0.5, 0.6) is 0 Å². The van der Waals surface area contributed by atoms with Crippen molar-refractivity contribution < 1.29 is 9.53 Å². The van der Waals surface area contributed by atoms with Gasteiger partial charge in [0, 0.05) is 0 Å². The Morgan fingerprint density at radius 3 is 2.74 bits per heavy atom. The van der Waals surface area contributed by atoms with Gasteiger partial charge in [-0.25, -0.2) is 9.79 Å². The number of esters is 1. The van der Waals surface area contributed by atoms with Gasteiger partial charge in [0.1, 0.15) is 5.69 Å². The standard InChI is InChI=1S/C11H9Cl2N3O2S/c1-18-10(17)6-3-4-7(12)9(8(6)13)16-11(19-2)15-5-14/h3-4H,1-2H3,(H,15,16). The van der Waals surface area contributed by atoms with E-state index in [0.717, 1.165) is 0 Å². The molecule has 1 aromatic rings. The van der Waals surface area contributed by atoms with Crippen LogP contribution < -0.4 is 5.32 Å². The summed E-state index contributed by atoms with van der Waals surface area (Å²) in [5.74, 6) is -0.586. The van der Waals surface area contributed by atoms with Gasteiger partial charge in [0.2, 0.25) is 0 Å². The van der Waals surface area contributed by atoms with Gasteiger partial charge in [0.25, 0.3) is 0 Å². The summed E-state index contributed by atoms with van der Waals surface area (Å²) in [4.78, 5) is 15.6. The molecule has 1 N–H and O–H groups in total. The van der Waals surface area contributed by atoms with Gasteiger partial charge >= 0.3 is 5.97 Å². The third-order valence-electron chi connectivity index (χ3n) is 2.04. The molecular weight excluding hydrogens is 309 g/mol. The Kier molecular flexibility index (Phi) is 5.96. The van der Waals surface area contributed by atoms with Crippen LogP contribution in [0.1, 0.15) is 10.4 Å². The van der Waals surface area contributed by atoms with E-state index in [1.807, 2.05) is 0 Å². The Morgan fingerprint density at radius 1 is 1.53 bits per heavy atom. The largest absolute Gasteiger partial charge is 0.465 e. The number of hydrogen-bond donors (Lipinski definition) is 1. The van der Waals surface area contributed by atoms with Crippen LogP contribution >= 0.6 is 35.0 Å². The number of rotatable bonds is 2. The molecule has 1 rings (SSSR count). The second-order valence-electron chi connectivity index (χ2n) is 3.11. The van der Waals surface area contributed by atoms with Crippen molar-refractivity contribution in [3.63, 3.8) is 0 Å². The Labute approximate surface area is 124 Å². The van der Waals surface area contributed by atoms with Crippen molar-refractivity contribution in [1.82, 2.24) is 5.32 Å². The first-order valence-electron chi connectivity index (χ1n) is 4.89. The first-order valence-corrected chi connectivity index (χ1v) is 6.87. The minimum atomic E-state index is -0.586. The van der Waals surface area contributed by atoms with Crippen molar-refractivity contribution in [2.24, 2.45) is 4.99 Å². The minimum absolute atomic E-state index is 0.0747. The number of benzene rings is 1. The predicted molar refractivity (Wildman–Crippen MR) is 77.2 cm³/mol. The number of nitrogens with zero attached hydrogens (tertiary/aromatic N) is 2. The molecule has 0 amide bonds. The average molecular weight is 318 g/mol. The van der Waals surface area contributed by atoms with Crippen LogP contribution in [0.25, 0.3) is 0 Å². The van der Waals surface area contributed by atoms with Crippen molar-refractivity contribution >= 4 is 51.8 Å². The summed E-state index contributed by atoms with van der Waals surface area (Å²) < 4.78 is 4.60. The predicted octanol–water partition coefficient (Wildman–Crippen LogP) is 3.20. The molecule has 0 aliphatic heterocycles. The van der Waals surface area contributed by atoms with Crippen molar-refractivity contribution in [2.45, 2.75) is 0 Å². The quantitative estimate of drug-likeness (QED) is 0.298. The zero-order chi connectivity index (χ0) is 14.4. The molecule has 0 saturated heterocycles. The van der Waals surface area contributed by atoms with Gasteiger partial charge in [-0.3, -0.25) is 5.32 Å². The number of carbonyl (C=O) groups excluding carboxylic acids is 1. The number of amidine groups is 1. The number of ether oxygens (including phenoxy) is 1. The van der Waals surface area contributed by atoms with Gasteiger partial charge in [-0.15, -0.1) is 0 Å². The Hall–Kier alpha value is -1.42. The smallest absolute Gasteiger partial charge is 0.339 e. The van der Waals surface area contributed by atoms with Crippen LogP contribution in [0.15, 0.2) is 17.1 Å². The number of aliphatic imine (C=N–C) groups is 1. The fraction of sp³-hybridized carbons (Fsp3) is 0.182. The zero-order valence-corrected chi connectivity index (χ0v) is 12.4. The van der Waals surface area contributed by atoms with Crippen LogP contribution in [0.3, 0.4) is 0 Å². The molecular formula is C11H9Cl2N3O2S. The molecule has 0 fully saturated rings. The molecule has 0 saturated carbocycles. The Bertz CT molecular complexity index is 570. The molecule has 0 bridgehead atoms. The number of halogens is 2. The van der Waals surface area contributed by atoms with E-state index in [4.69, 9.17) is 28.5 Å². The van der Waals surface area contributed by atoms with Crippen LogP contribution in [-0.2, 0) is 4.74 Å². The maximum Gasteiger partial charge on any atom is 0.339 e. The number of methoxy groups -OCH3 is 1. The van der Waals surface area contributed by atoms with Crippen molar-refractivity contribution in [1.29, 1.82) is 5.26 Å². The number of hydrogen-bond acceptors (Lipinski definition) is 5. The molecule has 0 aliphatic carbocycles. The lowest BCUT2D eigenvalue weighted by molar-refractivity contribution is 0.0601. The van der Waals surface area contributed by atoms with Gasteiger partial charge < -0.3 is 4.74 Å². The lowest BCUT2D eigenvalue weighted by atomic mass is 10.2. The van der Waals surface area contributed by atoms with Gasteiger partial charge in [-0.05, 0) is 18.4 Å². The topological polar surface area (TPSA) is 74.5 Å². The monoisotopic (exact) mass is 317 g/mol. The van der Waals surface area contributed by atoms with Gasteiger partial charge in [0.05, 0.1) is 22.7 Å². The van der Waals surface area contributed by atoms with E-state index in [1.165, 1.54) is 31.0 Å². The van der Waals surface area contributed by atoms with E-state index in [-0.39, 0.29) is 21.3 Å². The maximum absolute atomic E-state index is 11.5. The summed E-state index contributed by atoms with van der Waals surface area (Å²) in [7, 11) is 1.25. The fourth-order valence-electron chi connectivity index (χ4n) is 1.19. The fourth-order valence-corrected chi connectivity index (χ4v) is 2.05. The first-order chi connectivity index (χ1) is 9.04. The SMILES string of the molecule is COC(=O)c1ccc(Cl)c(N=C(NC#N)SC)c1Cl. The summed E-state index contributed by atoms with van der Waals surface area (Å²) in [5.41, 5.74) is 0.364. The number of thioether (sulfide) groups is 1. The molecule has 0 aliphatic rings. The highest BCUT2D eigenvalue weighted by Gasteiger charge is 2.17.